The number of nitrogens with zero attached hydrogens (tertiary/aromatic N) is 5. The molecule has 2 aliphatic rings. The number of anilines is 1. The number of amides is 2. The molecule has 0 saturated carbocycles. The number of imidazole rings is 1. The predicted octanol–water partition coefficient (Wildman–Crippen LogP) is 1.40. The molecule has 0 spiro atoms. The smallest absolute Gasteiger partial charge is 0.409 e. The molecular formula is C27H39N7O6. The summed E-state index contributed by atoms with van der Waals surface area (Å²) >= 11 is 0. The van der Waals surface area contributed by atoms with E-state index in [1.165, 1.54) is 18.0 Å². The third kappa shape index (κ3) is 6.29. The molecule has 4 rings (SSSR count). The van der Waals surface area contributed by atoms with Gasteiger partial charge < -0.3 is 35.2 Å². The number of methoxy groups -OCH3 is 1. The maximum Gasteiger partial charge on any atom is 0.409 e. The van der Waals surface area contributed by atoms with Gasteiger partial charge in [-0.15, -0.1) is 0 Å². The van der Waals surface area contributed by atoms with Crippen LogP contribution in [0.15, 0.2) is 6.33 Å². The highest BCUT2D eigenvalue weighted by Crippen LogP contribution is 2.33. The van der Waals surface area contributed by atoms with Crippen molar-refractivity contribution in [2.45, 2.75) is 83.5 Å². The van der Waals surface area contributed by atoms with Crippen molar-refractivity contribution in [3.05, 3.63) is 12.2 Å². The molecule has 2 amide bonds. The number of likely N-dealkylation sites (tertiary alicyclic amines) is 1. The first-order chi connectivity index (χ1) is 19.3. The lowest BCUT2D eigenvalue weighted by Crippen LogP contribution is -2.42. The van der Waals surface area contributed by atoms with Gasteiger partial charge in [0.25, 0.3) is 5.91 Å². The summed E-state index contributed by atoms with van der Waals surface area (Å²) in [4.78, 5) is 39.6. The number of fused-ring (bicyclic) bond motifs is 1. The van der Waals surface area contributed by atoms with E-state index in [2.05, 4.69) is 51.3 Å². The maximum atomic E-state index is 12.4. The van der Waals surface area contributed by atoms with Crippen LogP contribution in [0.1, 0.15) is 64.9 Å². The Morgan fingerprint density at radius 1 is 1.18 bits per heavy atom. The highest BCUT2D eigenvalue weighted by molar-refractivity contribution is 5.84. The topological polar surface area (TPSA) is 164 Å². The van der Waals surface area contributed by atoms with Gasteiger partial charge in [0.2, 0.25) is 5.82 Å². The van der Waals surface area contributed by atoms with Gasteiger partial charge in [-0.3, -0.25) is 9.36 Å². The Morgan fingerprint density at radius 2 is 1.90 bits per heavy atom. The molecule has 2 fully saturated rings. The Morgan fingerprint density at radius 3 is 2.55 bits per heavy atom. The Bertz CT molecular complexity index is 1250. The number of rotatable bonds is 8. The van der Waals surface area contributed by atoms with Crippen LogP contribution in [-0.4, -0.2) is 97.7 Å². The molecule has 4 heterocycles. The van der Waals surface area contributed by atoms with Crippen molar-refractivity contribution in [2.24, 2.45) is 5.92 Å². The van der Waals surface area contributed by atoms with Crippen LogP contribution in [-0.2, 0) is 14.3 Å². The summed E-state index contributed by atoms with van der Waals surface area (Å²) in [6.07, 6.45) is 0.118. The first-order valence-electron chi connectivity index (χ1n) is 13.9. The number of aromatic nitrogens is 4. The minimum Gasteiger partial charge on any atom is -0.453 e. The first-order valence-corrected chi connectivity index (χ1v) is 13.9. The molecule has 218 valence electrons. The molecule has 0 aromatic carbocycles. The van der Waals surface area contributed by atoms with E-state index in [1.54, 1.807) is 11.8 Å². The van der Waals surface area contributed by atoms with Gasteiger partial charge in [-0.05, 0) is 44.4 Å². The number of carbonyl (C=O) groups excluding carboxylic acids is 2. The quantitative estimate of drug-likeness (QED) is 0.349. The Balaban J connectivity index is 1.60. The van der Waals surface area contributed by atoms with Gasteiger partial charge in [-0.25, -0.2) is 19.7 Å². The number of aliphatic hydroxyl groups is 2. The largest absolute Gasteiger partial charge is 0.453 e. The van der Waals surface area contributed by atoms with Gasteiger partial charge in [0, 0.05) is 32.1 Å². The number of hydrogen-bond acceptors (Lipinski definition) is 10. The molecular weight excluding hydrogens is 518 g/mol. The first kappa shape index (κ1) is 29.5. The van der Waals surface area contributed by atoms with Crippen molar-refractivity contribution in [1.82, 2.24) is 29.7 Å². The second-order valence-corrected chi connectivity index (χ2v) is 10.1. The Hall–Kier alpha value is -3.47. The minimum absolute atomic E-state index is 0.154. The maximum absolute atomic E-state index is 12.4. The molecule has 13 nitrogen and oxygen atoms in total. The molecule has 2 aromatic heterocycles. The zero-order valence-electron chi connectivity index (χ0n) is 23.5. The molecule has 40 heavy (non-hydrogen) atoms. The highest BCUT2D eigenvalue weighted by atomic mass is 16.6. The van der Waals surface area contributed by atoms with Gasteiger partial charge in [0.05, 0.1) is 13.4 Å². The standard InChI is InChI=1S/C27H39N7O6/c1-5-17(6-2)30-23-19-24(34(15-29-19)26-21(36)20(35)22(40-26)25(37)28-7-3)32-18(31-23)10-8-9-16-11-13-33(14-12-16)27(38)39-4/h15-17,20-22,26,35-36H,5-7,9,11-14H2,1-4H3,(H,28,37)(H,30,31,32)/t20-,21?,22+,26-/m1/s1. The normalized spacial score (nSPS) is 23.2. The van der Waals surface area contributed by atoms with Crippen molar-refractivity contribution >= 4 is 29.0 Å². The molecule has 0 aliphatic carbocycles. The van der Waals surface area contributed by atoms with Gasteiger partial charge in [0.1, 0.15) is 12.2 Å². The lowest BCUT2D eigenvalue weighted by Gasteiger charge is -2.29. The summed E-state index contributed by atoms with van der Waals surface area (Å²) < 4.78 is 12.1. The molecule has 0 bridgehead atoms. The Kier molecular flexibility index (Phi) is 9.78. The molecule has 2 aromatic rings. The third-order valence-electron chi connectivity index (χ3n) is 7.51. The Labute approximate surface area is 233 Å². The fraction of sp³-hybridized carbons (Fsp3) is 0.667. The van der Waals surface area contributed by atoms with Crippen LogP contribution >= 0.6 is 0 Å². The number of aliphatic hydroxyl groups excluding tert-OH is 2. The molecule has 4 atom stereocenters. The molecule has 0 radical (unpaired) electrons. The van der Waals surface area contributed by atoms with E-state index >= 15 is 0 Å². The summed E-state index contributed by atoms with van der Waals surface area (Å²) in [5.41, 5.74) is 0.839. The summed E-state index contributed by atoms with van der Waals surface area (Å²) in [7, 11) is 1.39. The van der Waals surface area contributed by atoms with Crippen molar-refractivity contribution in [3.8, 4) is 11.8 Å². The van der Waals surface area contributed by atoms with Gasteiger partial charge >= 0.3 is 6.09 Å². The van der Waals surface area contributed by atoms with E-state index in [4.69, 9.17) is 9.47 Å². The van der Waals surface area contributed by atoms with E-state index in [1.807, 2.05) is 0 Å². The number of hydrogen-bond donors (Lipinski definition) is 4. The number of likely N-dealkylation sites (N-methyl/N-ethyl adjacent to an activating group) is 1. The summed E-state index contributed by atoms with van der Waals surface area (Å²) in [6, 6.07) is 0.154. The fourth-order valence-electron chi connectivity index (χ4n) is 5.05. The summed E-state index contributed by atoms with van der Waals surface area (Å²) in [6.45, 7) is 7.56. The SMILES string of the molecule is CCNC(=O)[C@H]1O[C@@H](n2cnc3c(NC(CC)CC)nc(C#CCC4CCN(C(=O)OC)CC4)nc32)C(O)[C@H]1O. The molecule has 13 heteroatoms. The molecule has 4 N–H and O–H groups in total. The number of ether oxygens (including phenoxy) is 2. The van der Waals surface area contributed by atoms with Crippen LogP contribution in [0.4, 0.5) is 10.6 Å². The van der Waals surface area contributed by atoms with Crippen LogP contribution in [0.3, 0.4) is 0 Å². The van der Waals surface area contributed by atoms with Crippen LogP contribution in [0.5, 0.6) is 0 Å². The van der Waals surface area contributed by atoms with E-state index < -0.39 is 30.4 Å². The van der Waals surface area contributed by atoms with Crippen molar-refractivity contribution < 1.29 is 29.3 Å². The van der Waals surface area contributed by atoms with E-state index in [0.717, 1.165) is 25.7 Å². The van der Waals surface area contributed by atoms with Crippen LogP contribution in [0.2, 0.25) is 0 Å². The van der Waals surface area contributed by atoms with Gasteiger partial charge in [-0.2, -0.15) is 0 Å². The van der Waals surface area contributed by atoms with Crippen LogP contribution < -0.4 is 10.6 Å². The zero-order chi connectivity index (χ0) is 28.8. The average molecular weight is 558 g/mol. The third-order valence-corrected chi connectivity index (χ3v) is 7.51. The van der Waals surface area contributed by atoms with Crippen molar-refractivity contribution in [3.63, 3.8) is 0 Å². The highest BCUT2D eigenvalue weighted by Gasteiger charge is 2.47. The second-order valence-electron chi connectivity index (χ2n) is 10.1. The number of carbonyl (C=O) groups is 2. The van der Waals surface area contributed by atoms with Crippen LogP contribution in [0.25, 0.3) is 11.2 Å². The summed E-state index contributed by atoms with van der Waals surface area (Å²) in [5, 5.41) is 27.3. The van der Waals surface area contributed by atoms with Gasteiger partial charge in [-0.1, -0.05) is 19.8 Å². The summed E-state index contributed by atoms with van der Waals surface area (Å²) in [5.74, 6) is 6.91. The lowest BCUT2D eigenvalue weighted by molar-refractivity contribution is -0.137. The van der Waals surface area contributed by atoms with E-state index in [-0.39, 0.29) is 18.0 Å². The molecule has 2 aliphatic heterocycles. The molecule has 2 saturated heterocycles. The minimum atomic E-state index is -1.41. The fourth-order valence-corrected chi connectivity index (χ4v) is 5.05. The van der Waals surface area contributed by atoms with Crippen molar-refractivity contribution in [1.29, 1.82) is 0 Å². The van der Waals surface area contributed by atoms with E-state index in [0.29, 0.717) is 49.0 Å². The second kappa shape index (κ2) is 13.3. The monoisotopic (exact) mass is 557 g/mol. The number of nitrogens with one attached hydrogen (secondary N) is 2. The average Bonchev–Trinajstić information content (AvgIpc) is 3.52. The predicted molar refractivity (Wildman–Crippen MR) is 146 cm³/mol. The van der Waals surface area contributed by atoms with Gasteiger partial charge in [0.15, 0.2) is 29.3 Å². The van der Waals surface area contributed by atoms with Crippen LogP contribution in [0, 0.1) is 17.8 Å². The zero-order valence-corrected chi connectivity index (χ0v) is 23.5. The number of piperidine rings is 1. The van der Waals surface area contributed by atoms with Crippen molar-refractivity contribution in [2.75, 3.05) is 32.1 Å². The molecule has 1 unspecified atom stereocenters. The van der Waals surface area contributed by atoms with E-state index in [9.17, 15) is 19.8 Å². The lowest BCUT2D eigenvalue weighted by atomic mass is 9.94.